The van der Waals surface area contributed by atoms with E-state index in [4.69, 9.17) is 0 Å². The molecular weight excluding hydrogens is 254 g/mol. The first kappa shape index (κ1) is 9.69. The van der Waals surface area contributed by atoms with Crippen molar-refractivity contribution in [2.45, 2.75) is 6.54 Å². The third-order valence-electron chi connectivity index (χ3n) is 3.80. The highest BCUT2D eigenvalue weighted by molar-refractivity contribution is 7.21. The molecule has 1 aliphatic heterocycles. The van der Waals surface area contributed by atoms with E-state index in [0.717, 1.165) is 12.1 Å². The zero-order valence-corrected chi connectivity index (χ0v) is 10.9. The SMILES string of the molecule is c1ccc2c(c1)C[n+]1c-2sc2cc3cnccn3c21. The maximum Gasteiger partial charge on any atom is 0.305 e. The fourth-order valence-corrected chi connectivity index (χ4v) is 4.23. The summed E-state index contributed by atoms with van der Waals surface area (Å²) in [6.07, 6.45) is 5.81. The van der Waals surface area contributed by atoms with Crippen LogP contribution in [-0.2, 0) is 6.54 Å². The molecule has 4 heterocycles. The Morgan fingerprint density at radius 2 is 2.21 bits per heavy atom. The summed E-state index contributed by atoms with van der Waals surface area (Å²) in [7, 11) is 0. The van der Waals surface area contributed by atoms with Crippen molar-refractivity contribution in [3.63, 3.8) is 0 Å². The maximum atomic E-state index is 4.20. The van der Waals surface area contributed by atoms with Crippen molar-refractivity contribution in [1.29, 1.82) is 0 Å². The van der Waals surface area contributed by atoms with E-state index in [0.29, 0.717) is 0 Å². The minimum Gasteiger partial charge on any atom is -0.257 e. The van der Waals surface area contributed by atoms with Crippen molar-refractivity contribution in [3.05, 3.63) is 54.5 Å². The Morgan fingerprint density at radius 3 is 3.21 bits per heavy atom. The molecule has 90 valence electrons. The van der Waals surface area contributed by atoms with Gasteiger partial charge in [-0.15, -0.1) is 0 Å². The van der Waals surface area contributed by atoms with E-state index >= 15 is 0 Å². The molecule has 1 aliphatic rings. The Labute approximate surface area is 113 Å². The van der Waals surface area contributed by atoms with Crippen LogP contribution in [0.5, 0.6) is 0 Å². The second-order valence-electron chi connectivity index (χ2n) is 4.85. The maximum absolute atomic E-state index is 4.20. The number of benzene rings is 1. The first-order valence-electron chi connectivity index (χ1n) is 6.27. The van der Waals surface area contributed by atoms with Gasteiger partial charge in [0.05, 0.1) is 12.4 Å². The molecule has 0 aliphatic carbocycles. The van der Waals surface area contributed by atoms with Gasteiger partial charge in [0.15, 0.2) is 10.5 Å². The standard InChI is InChI=1S/C15H10N3S/c1-2-4-12-10(3-1)9-18-14-13(19-15(12)18)7-11-8-16-5-6-17(11)14/h1-8H,9H2/q+1. The number of hydrogen-bond donors (Lipinski definition) is 0. The van der Waals surface area contributed by atoms with Gasteiger partial charge in [0.1, 0.15) is 17.4 Å². The van der Waals surface area contributed by atoms with E-state index in [-0.39, 0.29) is 0 Å². The van der Waals surface area contributed by atoms with Crippen LogP contribution < -0.4 is 4.57 Å². The van der Waals surface area contributed by atoms with E-state index in [1.165, 1.54) is 26.5 Å². The van der Waals surface area contributed by atoms with Crippen LogP contribution in [0, 0.1) is 0 Å². The van der Waals surface area contributed by atoms with Crippen molar-refractivity contribution >= 4 is 27.2 Å². The van der Waals surface area contributed by atoms with Crippen molar-refractivity contribution < 1.29 is 4.57 Å². The van der Waals surface area contributed by atoms with Crippen LogP contribution in [0.15, 0.2) is 48.9 Å². The van der Waals surface area contributed by atoms with Crippen LogP contribution in [0.25, 0.3) is 26.4 Å². The molecule has 3 aromatic heterocycles. The monoisotopic (exact) mass is 264 g/mol. The minimum atomic E-state index is 0.972. The molecular formula is C15H10N3S+. The number of hydrogen-bond acceptors (Lipinski definition) is 2. The lowest BCUT2D eigenvalue weighted by atomic mass is 10.1. The zero-order chi connectivity index (χ0) is 12.4. The molecule has 0 saturated carbocycles. The third-order valence-corrected chi connectivity index (χ3v) is 4.95. The van der Waals surface area contributed by atoms with Crippen molar-refractivity contribution in [2.24, 2.45) is 0 Å². The number of fused-ring (bicyclic) bond motifs is 7. The molecule has 0 N–H and O–H groups in total. The van der Waals surface area contributed by atoms with Gasteiger partial charge in [-0.2, -0.15) is 4.40 Å². The zero-order valence-electron chi connectivity index (χ0n) is 10.1. The lowest BCUT2D eigenvalue weighted by molar-refractivity contribution is -0.644. The molecule has 1 aromatic carbocycles. The van der Waals surface area contributed by atoms with Crippen molar-refractivity contribution in [3.8, 4) is 10.6 Å². The summed E-state index contributed by atoms with van der Waals surface area (Å²) in [5.74, 6) is 0. The highest BCUT2D eigenvalue weighted by atomic mass is 32.1. The molecule has 5 rings (SSSR count). The van der Waals surface area contributed by atoms with Gasteiger partial charge >= 0.3 is 5.65 Å². The minimum absolute atomic E-state index is 0.972. The first-order valence-corrected chi connectivity index (χ1v) is 7.09. The largest absolute Gasteiger partial charge is 0.305 e. The van der Waals surface area contributed by atoms with Gasteiger partial charge in [0, 0.05) is 17.2 Å². The molecule has 4 heteroatoms. The fourth-order valence-electron chi connectivity index (χ4n) is 2.97. The highest BCUT2D eigenvalue weighted by Gasteiger charge is 2.30. The predicted molar refractivity (Wildman–Crippen MR) is 75.3 cm³/mol. The molecule has 0 saturated heterocycles. The average molecular weight is 264 g/mol. The molecule has 0 atom stereocenters. The van der Waals surface area contributed by atoms with Gasteiger partial charge in [-0.3, -0.25) is 4.98 Å². The summed E-state index contributed by atoms with van der Waals surface area (Å²) in [5, 5.41) is 1.37. The quantitative estimate of drug-likeness (QED) is 0.394. The third kappa shape index (κ3) is 1.12. The van der Waals surface area contributed by atoms with Crippen LogP contribution in [0.1, 0.15) is 5.56 Å². The van der Waals surface area contributed by atoms with Gasteiger partial charge in [-0.05, 0) is 6.07 Å². The Bertz CT molecular complexity index is 949. The van der Waals surface area contributed by atoms with Crippen LogP contribution in [-0.4, -0.2) is 9.38 Å². The fraction of sp³-hybridized carbons (Fsp3) is 0.0667. The van der Waals surface area contributed by atoms with E-state index in [1.807, 2.05) is 29.9 Å². The Kier molecular flexibility index (Phi) is 1.64. The summed E-state index contributed by atoms with van der Waals surface area (Å²) in [6, 6.07) is 10.9. The first-order chi connectivity index (χ1) is 9.42. The number of nitrogens with zero attached hydrogens (tertiary/aromatic N) is 3. The summed E-state index contributed by atoms with van der Waals surface area (Å²) < 4.78 is 5.98. The number of aromatic nitrogens is 3. The molecule has 0 spiro atoms. The van der Waals surface area contributed by atoms with Gasteiger partial charge in [-0.25, -0.2) is 4.57 Å². The molecule has 0 radical (unpaired) electrons. The van der Waals surface area contributed by atoms with Gasteiger partial charge < -0.3 is 0 Å². The molecule has 0 amide bonds. The normalized spacial score (nSPS) is 13.1. The van der Waals surface area contributed by atoms with E-state index < -0.39 is 0 Å². The smallest absolute Gasteiger partial charge is 0.257 e. The van der Waals surface area contributed by atoms with E-state index in [1.54, 1.807) is 0 Å². The summed E-state index contributed by atoms with van der Waals surface area (Å²) in [4.78, 5) is 4.20. The number of rotatable bonds is 0. The van der Waals surface area contributed by atoms with Crippen LogP contribution in [0.3, 0.4) is 0 Å². The highest BCUT2D eigenvalue weighted by Crippen LogP contribution is 2.36. The number of thiazole rings is 1. The summed E-state index contributed by atoms with van der Waals surface area (Å²) >= 11 is 1.87. The van der Waals surface area contributed by atoms with E-state index in [2.05, 4.69) is 44.3 Å². The predicted octanol–water partition coefficient (Wildman–Crippen LogP) is 2.87. The van der Waals surface area contributed by atoms with Crippen LogP contribution in [0.2, 0.25) is 0 Å². The Balaban J connectivity index is 1.94. The summed E-state index contributed by atoms with van der Waals surface area (Å²) in [5.41, 5.74) is 5.25. The van der Waals surface area contributed by atoms with Crippen molar-refractivity contribution in [2.75, 3.05) is 0 Å². The summed E-state index contributed by atoms with van der Waals surface area (Å²) in [6.45, 7) is 0.972. The topological polar surface area (TPSA) is 21.2 Å². The Hall–Kier alpha value is -2.20. The molecule has 0 bridgehead atoms. The molecule has 3 nitrogen and oxygen atoms in total. The molecule has 19 heavy (non-hydrogen) atoms. The lowest BCUT2D eigenvalue weighted by Gasteiger charge is -1.92. The average Bonchev–Trinajstić information content (AvgIpc) is 3.05. The molecule has 4 aromatic rings. The lowest BCUT2D eigenvalue weighted by Crippen LogP contribution is -2.31. The molecule has 0 unspecified atom stereocenters. The second-order valence-corrected chi connectivity index (χ2v) is 5.88. The van der Waals surface area contributed by atoms with E-state index in [9.17, 15) is 0 Å². The van der Waals surface area contributed by atoms with Crippen LogP contribution in [0.4, 0.5) is 0 Å². The van der Waals surface area contributed by atoms with Crippen LogP contribution >= 0.6 is 11.3 Å². The van der Waals surface area contributed by atoms with Gasteiger partial charge in [0.2, 0.25) is 0 Å². The Morgan fingerprint density at radius 1 is 1.26 bits per heavy atom. The van der Waals surface area contributed by atoms with Crippen molar-refractivity contribution in [1.82, 2.24) is 9.38 Å². The van der Waals surface area contributed by atoms with Gasteiger partial charge in [0.25, 0.3) is 0 Å². The molecule has 0 fully saturated rings. The van der Waals surface area contributed by atoms with Gasteiger partial charge in [-0.1, -0.05) is 29.5 Å². The second kappa shape index (κ2) is 3.22.